The summed E-state index contributed by atoms with van der Waals surface area (Å²) in [4.78, 5) is 10.4. The van der Waals surface area contributed by atoms with Crippen molar-refractivity contribution in [2.24, 2.45) is 0 Å². The number of benzene rings is 1. The molecule has 0 aliphatic heterocycles. The Kier molecular flexibility index (Phi) is 5.14. The van der Waals surface area contributed by atoms with E-state index in [4.69, 9.17) is 0 Å². The minimum absolute atomic E-state index is 0.0730. The largest absolute Gasteiger partial charge is 0.316 e. The number of hydrogen-bond donors (Lipinski definition) is 1. The SMILES string of the molecule is CCCNCCc1nnc(-c2cccc([N+](=O)[O-])c2)s1. The van der Waals surface area contributed by atoms with Crippen LogP contribution >= 0.6 is 11.3 Å². The highest BCUT2D eigenvalue weighted by atomic mass is 32.1. The van der Waals surface area contributed by atoms with Crippen LogP contribution in [0.25, 0.3) is 10.6 Å². The summed E-state index contributed by atoms with van der Waals surface area (Å²) in [5, 5.41) is 24.0. The van der Waals surface area contributed by atoms with Crippen LogP contribution in [0.3, 0.4) is 0 Å². The predicted molar refractivity (Wildman–Crippen MR) is 78.9 cm³/mol. The average molecular weight is 292 g/mol. The lowest BCUT2D eigenvalue weighted by Crippen LogP contribution is -2.17. The van der Waals surface area contributed by atoms with Crippen molar-refractivity contribution in [1.29, 1.82) is 0 Å². The highest BCUT2D eigenvalue weighted by molar-refractivity contribution is 7.14. The minimum Gasteiger partial charge on any atom is -0.316 e. The molecule has 1 heterocycles. The van der Waals surface area contributed by atoms with Gasteiger partial charge >= 0.3 is 0 Å². The molecular formula is C13H16N4O2S. The van der Waals surface area contributed by atoms with E-state index in [1.807, 2.05) is 6.07 Å². The lowest BCUT2D eigenvalue weighted by molar-refractivity contribution is -0.384. The second kappa shape index (κ2) is 7.06. The summed E-state index contributed by atoms with van der Waals surface area (Å²) in [6.07, 6.45) is 1.93. The van der Waals surface area contributed by atoms with Crippen LogP contribution in [0.4, 0.5) is 5.69 Å². The van der Waals surface area contributed by atoms with E-state index in [9.17, 15) is 10.1 Å². The van der Waals surface area contributed by atoms with Crippen molar-refractivity contribution in [3.05, 3.63) is 39.4 Å². The highest BCUT2D eigenvalue weighted by Crippen LogP contribution is 2.26. The molecule has 1 N–H and O–H groups in total. The number of nitro groups is 1. The van der Waals surface area contributed by atoms with Crippen molar-refractivity contribution >= 4 is 17.0 Å². The quantitative estimate of drug-likeness (QED) is 0.482. The van der Waals surface area contributed by atoms with Crippen LogP contribution < -0.4 is 5.32 Å². The molecule has 0 fully saturated rings. The van der Waals surface area contributed by atoms with Gasteiger partial charge in [-0.3, -0.25) is 10.1 Å². The number of hydrogen-bond acceptors (Lipinski definition) is 6. The normalized spacial score (nSPS) is 10.7. The molecular weight excluding hydrogens is 276 g/mol. The van der Waals surface area contributed by atoms with Crippen molar-refractivity contribution in [3.63, 3.8) is 0 Å². The van der Waals surface area contributed by atoms with Gasteiger partial charge in [-0.2, -0.15) is 0 Å². The first-order valence-corrected chi connectivity index (χ1v) is 7.30. The lowest BCUT2D eigenvalue weighted by atomic mass is 10.2. The molecule has 6 nitrogen and oxygen atoms in total. The fraction of sp³-hybridized carbons (Fsp3) is 0.385. The van der Waals surface area contributed by atoms with Crippen molar-refractivity contribution in [2.45, 2.75) is 19.8 Å². The van der Waals surface area contributed by atoms with Crippen molar-refractivity contribution in [1.82, 2.24) is 15.5 Å². The first kappa shape index (κ1) is 14.5. The van der Waals surface area contributed by atoms with Crippen molar-refractivity contribution in [3.8, 4) is 10.6 Å². The second-order valence-corrected chi connectivity index (χ2v) is 5.37. The number of nitro benzene ring substituents is 1. The van der Waals surface area contributed by atoms with E-state index in [-0.39, 0.29) is 5.69 Å². The summed E-state index contributed by atoms with van der Waals surface area (Å²) in [6.45, 7) is 3.99. The number of nitrogens with one attached hydrogen (secondary N) is 1. The first-order chi connectivity index (χ1) is 9.70. The van der Waals surface area contributed by atoms with Gasteiger partial charge in [-0.15, -0.1) is 10.2 Å². The van der Waals surface area contributed by atoms with E-state index in [0.717, 1.165) is 41.5 Å². The summed E-state index contributed by atoms with van der Waals surface area (Å²) < 4.78 is 0. The zero-order chi connectivity index (χ0) is 14.4. The van der Waals surface area contributed by atoms with Gasteiger partial charge in [0, 0.05) is 30.7 Å². The van der Waals surface area contributed by atoms with Gasteiger partial charge in [0.1, 0.15) is 10.0 Å². The molecule has 20 heavy (non-hydrogen) atoms. The summed E-state index contributed by atoms with van der Waals surface area (Å²) in [7, 11) is 0. The number of rotatable bonds is 7. The second-order valence-electron chi connectivity index (χ2n) is 4.31. The number of aromatic nitrogens is 2. The maximum atomic E-state index is 10.8. The van der Waals surface area contributed by atoms with E-state index in [0.29, 0.717) is 0 Å². The van der Waals surface area contributed by atoms with Gasteiger partial charge in [-0.05, 0) is 13.0 Å². The lowest BCUT2D eigenvalue weighted by Gasteiger charge is -1.98. The molecule has 0 unspecified atom stereocenters. The van der Waals surface area contributed by atoms with E-state index >= 15 is 0 Å². The zero-order valence-electron chi connectivity index (χ0n) is 11.2. The third-order valence-corrected chi connectivity index (χ3v) is 3.75. The van der Waals surface area contributed by atoms with E-state index < -0.39 is 4.92 Å². The standard InChI is InChI=1S/C13H16N4O2S/c1-2-7-14-8-6-12-15-16-13(20-12)10-4-3-5-11(9-10)17(18)19/h3-5,9,14H,2,6-8H2,1H3. The summed E-state index contributed by atoms with van der Waals surface area (Å²) >= 11 is 1.48. The Bertz CT molecular complexity index is 585. The van der Waals surface area contributed by atoms with Gasteiger partial charge in [-0.1, -0.05) is 30.4 Å². The van der Waals surface area contributed by atoms with Crippen LogP contribution in [0.1, 0.15) is 18.4 Å². The van der Waals surface area contributed by atoms with E-state index in [1.165, 1.54) is 23.5 Å². The van der Waals surface area contributed by atoms with Gasteiger partial charge in [0.25, 0.3) is 5.69 Å². The number of non-ortho nitro benzene ring substituents is 1. The van der Waals surface area contributed by atoms with Gasteiger partial charge < -0.3 is 5.32 Å². The smallest absolute Gasteiger partial charge is 0.270 e. The molecule has 2 rings (SSSR count). The first-order valence-electron chi connectivity index (χ1n) is 6.48. The fourth-order valence-electron chi connectivity index (χ4n) is 1.72. The molecule has 0 aliphatic rings. The average Bonchev–Trinajstić information content (AvgIpc) is 2.92. The predicted octanol–water partition coefficient (Wildman–Crippen LogP) is 2.66. The minimum atomic E-state index is -0.403. The summed E-state index contributed by atoms with van der Waals surface area (Å²) in [5.41, 5.74) is 0.813. The van der Waals surface area contributed by atoms with Crippen LogP contribution in [0.5, 0.6) is 0 Å². The molecule has 2 aromatic rings. The molecule has 106 valence electrons. The molecule has 0 spiro atoms. The summed E-state index contributed by atoms with van der Waals surface area (Å²) in [6, 6.07) is 6.48. The maximum absolute atomic E-state index is 10.8. The van der Waals surface area contributed by atoms with Crippen LogP contribution in [-0.2, 0) is 6.42 Å². The van der Waals surface area contributed by atoms with E-state index in [1.54, 1.807) is 6.07 Å². The maximum Gasteiger partial charge on any atom is 0.270 e. The summed E-state index contributed by atoms with van der Waals surface area (Å²) in [5.74, 6) is 0. The molecule has 0 aliphatic carbocycles. The van der Waals surface area contributed by atoms with Gasteiger partial charge in [0.15, 0.2) is 0 Å². The molecule has 0 amide bonds. The van der Waals surface area contributed by atoms with Crippen LogP contribution in [-0.4, -0.2) is 28.2 Å². The third-order valence-electron chi connectivity index (χ3n) is 2.71. The molecule has 7 heteroatoms. The van der Waals surface area contributed by atoms with Crippen molar-refractivity contribution < 1.29 is 4.92 Å². The highest BCUT2D eigenvalue weighted by Gasteiger charge is 2.11. The van der Waals surface area contributed by atoms with Crippen LogP contribution in [0.15, 0.2) is 24.3 Å². The van der Waals surface area contributed by atoms with Crippen LogP contribution in [0.2, 0.25) is 0 Å². The monoisotopic (exact) mass is 292 g/mol. The Balaban J connectivity index is 2.04. The van der Waals surface area contributed by atoms with E-state index in [2.05, 4.69) is 22.4 Å². The Labute approximate surface area is 121 Å². The Morgan fingerprint density at radius 3 is 2.95 bits per heavy atom. The zero-order valence-corrected chi connectivity index (χ0v) is 12.0. The molecule has 0 radical (unpaired) electrons. The molecule has 0 bridgehead atoms. The Hall–Kier alpha value is -1.86. The molecule has 1 aromatic heterocycles. The van der Waals surface area contributed by atoms with Gasteiger partial charge in [0.05, 0.1) is 4.92 Å². The molecule has 1 aromatic carbocycles. The van der Waals surface area contributed by atoms with Crippen LogP contribution in [0, 0.1) is 10.1 Å². The Morgan fingerprint density at radius 2 is 2.20 bits per heavy atom. The molecule has 0 saturated heterocycles. The van der Waals surface area contributed by atoms with Gasteiger partial charge in [0.2, 0.25) is 0 Å². The van der Waals surface area contributed by atoms with Gasteiger partial charge in [-0.25, -0.2) is 0 Å². The third kappa shape index (κ3) is 3.82. The van der Waals surface area contributed by atoms with Crippen molar-refractivity contribution in [2.75, 3.05) is 13.1 Å². The molecule has 0 atom stereocenters. The molecule has 0 saturated carbocycles. The Morgan fingerprint density at radius 1 is 1.35 bits per heavy atom. The fourth-order valence-corrected chi connectivity index (χ4v) is 2.56. The number of nitrogens with zero attached hydrogens (tertiary/aromatic N) is 3. The topological polar surface area (TPSA) is 81.0 Å².